The van der Waals surface area contributed by atoms with Gasteiger partial charge in [0.25, 0.3) is 0 Å². The molecule has 0 radical (unpaired) electrons. The van der Waals surface area contributed by atoms with Crippen LogP contribution >= 0.6 is 0 Å². The van der Waals surface area contributed by atoms with E-state index in [2.05, 4.69) is 15.5 Å². The molecular formula is C16H27N3O4. The summed E-state index contributed by atoms with van der Waals surface area (Å²) in [5, 5.41) is 5.78. The summed E-state index contributed by atoms with van der Waals surface area (Å²) in [5.74, 6) is 1.74. The molecule has 23 heavy (non-hydrogen) atoms. The average molecular weight is 325 g/mol. The van der Waals surface area contributed by atoms with Gasteiger partial charge >= 0.3 is 6.03 Å². The summed E-state index contributed by atoms with van der Waals surface area (Å²) in [4.78, 5) is 14.3. The van der Waals surface area contributed by atoms with E-state index < -0.39 is 0 Å². The van der Waals surface area contributed by atoms with Gasteiger partial charge in [0.15, 0.2) is 0 Å². The monoisotopic (exact) mass is 325 g/mol. The molecule has 1 saturated heterocycles. The van der Waals surface area contributed by atoms with Crippen molar-refractivity contribution in [2.45, 2.75) is 25.9 Å². The molecule has 0 saturated carbocycles. The molecule has 2 rings (SSSR count). The predicted octanol–water partition coefficient (Wildman–Crippen LogP) is 1.30. The van der Waals surface area contributed by atoms with Crippen molar-refractivity contribution < 1.29 is 18.7 Å². The summed E-state index contributed by atoms with van der Waals surface area (Å²) in [5.41, 5.74) is 0. The first-order valence-corrected chi connectivity index (χ1v) is 8.01. The maximum atomic E-state index is 12.0. The lowest BCUT2D eigenvalue weighted by Gasteiger charge is -2.33. The number of hydrogen-bond acceptors (Lipinski definition) is 5. The van der Waals surface area contributed by atoms with Gasteiger partial charge in [0.2, 0.25) is 0 Å². The molecular weight excluding hydrogens is 298 g/mol. The van der Waals surface area contributed by atoms with E-state index in [1.807, 2.05) is 26.0 Å². The van der Waals surface area contributed by atoms with Gasteiger partial charge in [0.05, 0.1) is 31.9 Å². The molecule has 0 aromatic carbocycles. The van der Waals surface area contributed by atoms with Gasteiger partial charge < -0.3 is 24.5 Å². The van der Waals surface area contributed by atoms with Crippen molar-refractivity contribution in [1.29, 1.82) is 0 Å². The Morgan fingerprint density at radius 3 is 2.74 bits per heavy atom. The first-order valence-electron chi connectivity index (χ1n) is 8.01. The molecule has 7 nitrogen and oxygen atoms in total. The fraction of sp³-hybridized carbons (Fsp3) is 0.688. The first kappa shape index (κ1) is 17.8. The van der Waals surface area contributed by atoms with Crippen LogP contribution in [0.25, 0.3) is 0 Å². The van der Waals surface area contributed by atoms with Gasteiger partial charge in [-0.1, -0.05) is 0 Å². The third-order valence-corrected chi connectivity index (χ3v) is 3.83. The van der Waals surface area contributed by atoms with Crippen molar-refractivity contribution in [3.63, 3.8) is 0 Å². The van der Waals surface area contributed by atoms with Gasteiger partial charge in [0.1, 0.15) is 11.5 Å². The number of carbonyl (C=O) groups excluding carboxylic acids is 1. The number of nitrogens with one attached hydrogen (secondary N) is 2. The Bertz CT molecular complexity index is 485. The molecule has 2 heterocycles. The molecule has 7 heteroatoms. The SMILES string of the molecule is COC[C@H](C)NC(=O)NC[C@@H](c1ccc(C)o1)N1CCOCC1. The number of urea groups is 1. The van der Waals surface area contributed by atoms with Gasteiger partial charge in [-0.3, -0.25) is 4.90 Å². The summed E-state index contributed by atoms with van der Waals surface area (Å²) >= 11 is 0. The standard InChI is InChI=1S/C16H27N3O4/c1-12(11-21-3)18-16(20)17-10-14(15-5-4-13(2)23-15)19-6-8-22-9-7-19/h4-5,12,14H,6-11H2,1-3H3,(H2,17,18,20)/t12-,14-/m0/s1. The molecule has 1 aromatic heterocycles. The number of aryl methyl sites for hydroxylation is 1. The predicted molar refractivity (Wildman–Crippen MR) is 86.5 cm³/mol. The van der Waals surface area contributed by atoms with Crippen molar-refractivity contribution in [2.24, 2.45) is 0 Å². The molecule has 0 bridgehead atoms. The fourth-order valence-electron chi connectivity index (χ4n) is 2.69. The highest BCUT2D eigenvalue weighted by molar-refractivity contribution is 5.74. The Labute approximate surface area is 137 Å². The normalized spacial score (nSPS) is 18.4. The molecule has 130 valence electrons. The van der Waals surface area contributed by atoms with E-state index in [9.17, 15) is 4.79 Å². The van der Waals surface area contributed by atoms with Crippen LogP contribution in [0.2, 0.25) is 0 Å². The van der Waals surface area contributed by atoms with Crippen LogP contribution in [-0.4, -0.2) is 63.5 Å². The highest BCUT2D eigenvalue weighted by Crippen LogP contribution is 2.23. The van der Waals surface area contributed by atoms with Gasteiger partial charge in [-0.05, 0) is 26.0 Å². The molecule has 2 atom stereocenters. The Morgan fingerprint density at radius 2 is 2.13 bits per heavy atom. The molecule has 2 amide bonds. The van der Waals surface area contributed by atoms with Crippen molar-refractivity contribution in [1.82, 2.24) is 15.5 Å². The Kier molecular flexibility index (Phi) is 6.88. The number of carbonyl (C=O) groups is 1. The minimum atomic E-state index is -0.198. The molecule has 0 unspecified atom stereocenters. The molecule has 0 spiro atoms. The van der Waals surface area contributed by atoms with Crippen LogP contribution in [0, 0.1) is 6.92 Å². The Balaban J connectivity index is 1.93. The van der Waals surface area contributed by atoms with E-state index in [-0.39, 0.29) is 18.1 Å². The number of morpholine rings is 1. The van der Waals surface area contributed by atoms with Crippen molar-refractivity contribution >= 4 is 6.03 Å². The summed E-state index contributed by atoms with van der Waals surface area (Å²) in [6.07, 6.45) is 0. The van der Waals surface area contributed by atoms with Crippen molar-refractivity contribution in [3.8, 4) is 0 Å². The van der Waals surface area contributed by atoms with Crippen LogP contribution < -0.4 is 10.6 Å². The van der Waals surface area contributed by atoms with Gasteiger partial charge in [-0.25, -0.2) is 4.79 Å². The number of methoxy groups -OCH3 is 1. The zero-order valence-electron chi connectivity index (χ0n) is 14.1. The highest BCUT2D eigenvalue weighted by Gasteiger charge is 2.25. The number of ether oxygens (including phenoxy) is 2. The number of rotatable bonds is 7. The second kappa shape index (κ2) is 8.90. The third kappa shape index (κ3) is 5.53. The molecule has 1 aromatic rings. The van der Waals surface area contributed by atoms with Gasteiger partial charge in [0, 0.05) is 26.7 Å². The fourth-order valence-corrected chi connectivity index (χ4v) is 2.69. The van der Waals surface area contributed by atoms with E-state index >= 15 is 0 Å². The van der Waals surface area contributed by atoms with E-state index in [0.717, 1.165) is 24.6 Å². The van der Waals surface area contributed by atoms with Crippen LogP contribution in [-0.2, 0) is 9.47 Å². The summed E-state index contributed by atoms with van der Waals surface area (Å²) in [6, 6.07) is 3.70. The summed E-state index contributed by atoms with van der Waals surface area (Å²) in [6.45, 7) is 7.85. The van der Waals surface area contributed by atoms with Gasteiger partial charge in [-0.15, -0.1) is 0 Å². The second-order valence-electron chi connectivity index (χ2n) is 5.82. The molecule has 1 aliphatic heterocycles. The lowest BCUT2D eigenvalue weighted by atomic mass is 10.1. The Hall–Kier alpha value is -1.57. The largest absolute Gasteiger partial charge is 0.465 e. The molecule has 2 N–H and O–H groups in total. The third-order valence-electron chi connectivity index (χ3n) is 3.83. The van der Waals surface area contributed by atoms with Crippen LogP contribution in [0.15, 0.2) is 16.5 Å². The smallest absolute Gasteiger partial charge is 0.315 e. The number of nitrogens with zero attached hydrogens (tertiary/aromatic N) is 1. The topological polar surface area (TPSA) is 76.0 Å². The van der Waals surface area contributed by atoms with Crippen LogP contribution in [0.5, 0.6) is 0 Å². The summed E-state index contributed by atoms with van der Waals surface area (Å²) in [7, 11) is 1.61. The minimum Gasteiger partial charge on any atom is -0.465 e. The number of furan rings is 1. The molecule has 1 fully saturated rings. The molecule has 0 aliphatic carbocycles. The first-order chi connectivity index (χ1) is 11.1. The second-order valence-corrected chi connectivity index (χ2v) is 5.82. The van der Waals surface area contributed by atoms with Crippen molar-refractivity contribution in [2.75, 3.05) is 46.6 Å². The van der Waals surface area contributed by atoms with Crippen LogP contribution in [0.3, 0.4) is 0 Å². The molecule has 1 aliphatic rings. The minimum absolute atomic E-state index is 0.0103. The maximum Gasteiger partial charge on any atom is 0.315 e. The lowest BCUT2D eigenvalue weighted by molar-refractivity contribution is 0.0121. The van der Waals surface area contributed by atoms with E-state index in [4.69, 9.17) is 13.9 Å². The summed E-state index contributed by atoms with van der Waals surface area (Å²) < 4.78 is 16.2. The maximum absolute atomic E-state index is 12.0. The average Bonchev–Trinajstić information content (AvgIpc) is 2.95. The highest BCUT2D eigenvalue weighted by atomic mass is 16.5. The van der Waals surface area contributed by atoms with Crippen molar-refractivity contribution in [3.05, 3.63) is 23.7 Å². The Morgan fingerprint density at radius 1 is 1.39 bits per heavy atom. The quantitative estimate of drug-likeness (QED) is 0.790. The lowest BCUT2D eigenvalue weighted by Crippen LogP contribution is -2.47. The van der Waals surface area contributed by atoms with E-state index in [1.165, 1.54) is 0 Å². The number of amides is 2. The van der Waals surface area contributed by atoms with E-state index in [1.54, 1.807) is 7.11 Å². The zero-order valence-corrected chi connectivity index (χ0v) is 14.1. The van der Waals surface area contributed by atoms with Crippen LogP contribution in [0.4, 0.5) is 4.79 Å². The van der Waals surface area contributed by atoms with E-state index in [0.29, 0.717) is 26.4 Å². The number of hydrogen-bond donors (Lipinski definition) is 2. The zero-order chi connectivity index (χ0) is 16.7. The van der Waals surface area contributed by atoms with Gasteiger partial charge in [-0.2, -0.15) is 0 Å². The van der Waals surface area contributed by atoms with Crippen LogP contribution in [0.1, 0.15) is 24.5 Å².